The Kier molecular flexibility index (Phi) is 5.71. The second-order valence-corrected chi connectivity index (χ2v) is 6.44. The lowest BCUT2D eigenvalue weighted by Crippen LogP contribution is -2.21. The molecule has 0 fully saturated rings. The SMILES string of the molecule is CN(C)C(=O)c1ccc(CSCc2ccc(Cl)cc2)cc1. The van der Waals surface area contributed by atoms with Crippen molar-refractivity contribution in [2.75, 3.05) is 14.1 Å². The quantitative estimate of drug-likeness (QED) is 0.810. The number of rotatable bonds is 5. The van der Waals surface area contributed by atoms with E-state index in [0.717, 1.165) is 22.1 Å². The molecule has 110 valence electrons. The zero-order valence-electron chi connectivity index (χ0n) is 12.2. The van der Waals surface area contributed by atoms with Crippen molar-refractivity contribution in [1.29, 1.82) is 0 Å². The van der Waals surface area contributed by atoms with E-state index in [4.69, 9.17) is 11.6 Å². The fraction of sp³-hybridized carbons (Fsp3) is 0.235. The van der Waals surface area contributed by atoms with Crippen LogP contribution in [0.3, 0.4) is 0 Å². The van der Waals surface area contributed by atoms with Gasteiger partial charge < -0.3 is 4.90 Å². The predicted octanol–water partition coefficient (Wildman–Crippen LogP) is 4.48. The number of thioether (sulfide) groups is 1. The van der Waals surface area contributed by atoms with Gasteiger partial charge in [0.25, 0.3) is 5.91 Å². The average Bonchev–Trinajstić information content (AvgIpc) is 2.49. The van der Waals surface area contributed by atoms with Gasteiger partial charge >= 0.3 is 0 Å². The van der Waals surface area contributed by atoms with Crippen LogP contribution in [0.15, 0.2) is 48.5 Å². The molecule has 21 heavy (non-hydrogen) atoms. The van der Waals surface area contributed by atoms with Gasteiger partial charge in [-0.15, -0.1) is 0 Å². The summed E-state index contributed by atoms with van der Waals surface area (Å²) in [5, 5.41) is 0.768. The molecular weight excluding hydrogens is 302 g/mol. The first-order valence-corrected chi connectivity index (χ1v) is 8.22. The van der Waals surface area contributed by atoms with Crippen LogP contribution in [0.1, 0.15) is 21.5 Å². The normalized spacial score (nSPS) is 10.4. The fourth-order valence-corrected chi connectivity index (χ4v) is 2.95. The number of nitrogens with zero attached hydrogens (tertiary/aromatic N) is 1. The molecule has 0 spiro atoms. The minimum Gasteiger partial charge on any atom is -0.345 e. The summed E-state index contributed by atoms with van der Waals surface area (Å²) >= 11 is 7.71. The van der Waals surface area contributed by atoms with E-state index in [-0.39, 0.29) is 5.91 Å². The molecule has 0 N–H and O–H groups in total. The molecule has 0 radical (unpaired) electrons. The summed E-state index contributed by atoms with van der Waals surface area (Å²) < 4.78 is 0. The van der Waals surface area contributed by atoms with E-state index in [0.29, 0.717) is 0 Å². The highest BCUT2D eigenvalue weighted by molar-refractivity contribution is 7.97. The third-order valence-corrected chi connectivity index (χ3v) is 4.38. The van der Waals surface area contributed by atoms with Crippen LogP contribution in [0.5, 0.6) is 0 Å². The van der Waals surface area contributed by atoms with Gasteiger partial charge in [-0.05, 0) is 35.4 Å². The Bertz CT molecular complexity index is 593. The lowest BCUT2D eigenvalue weighted by molar-refractivity contribution is 0.0827. The summed E-state index contributed by atoms with van der Waals surface area (Å²) in [7, 11) is 3.52. The summed E-state index contributed by atoms with van der Waals surface area (Å²) in [5.41, 5.74) is 3.22. The number of carbonyl (C=O) groups excluding carboxylic acids is 1. The molecule has 4 heteroatoms. The van der Waals surface area contributed by atoms with Crippen LogP contribution in [-0.2, 0) is 11.5 Å². The van der Waals surface area contributed by atoms with E-state index < -0.39 is 0 Å². The number of halogens is 1. The molecule has 2 nitrogen and oxygen atoms in total. The monoisotopic (exact) mass is 319 g/mol. The highest BCUT2D eigenvalue weighted by Gasteiger charge is 2.07. The van der Waals surface area contributed by atoms with Crippen LogP contribution < -0.4 is 0 Å². The molecule has 0 unspecified atom stereocenters. The second-order valence-electron chi connectivity index (χ2n) is 5.02. The highest BCUT2D eigenvalue weighted by atomic mass is 35.5. The molecule has 0 aliphatic rings. The van der Waals surface area contributed by atoms with Crippen LogP contribution in [0, 0.1) is 0 Å². The van der Waals surface area contributed by atoms with Gasteiger partial charge in [0.15, 0.2) is 0 Å². The Labute approximate surface area is 135 Å². The van der Waals surface area contributed by atoms with Gasteiger partial charge in [0.05, 0.1) is 0 Å². The van der Waals surface area contributed by atoms with Crippen molar-refractivity contribution in [1.82, 2.24) is 4.90 Å². The maximum absolute atomic E-state index is 11.8. The first kappa shape index (κ1) is 15.9. The fourth-order valence-electron chi connectivity index (χ4n) is 1.87. The predicted molar refractivity (Wildman–Crippen MR) is 90.9 cm³/mol. The van der Waals surface area contributed by atoms with Crippen LogP contribution >= 0.6 is 23.4 Å². The van der Waals surface area contributed by atoms with Crippen molar-refractivity contribution in [2.45, 2.75) is 11.5 Å². The zero-order chi connectivity index (χ0) is 15.2. The van der Waals surface area contributed by atoms with Crippen LogP contribution in [0.2, 0.25) is 5.02 Å². The van der Waals surface area contributed by atoms with Crippen LogP contribution in [0.4, 0.5) is 0 Å². The first-order valence-electron chi connectivity index (χ1n) is 6.69. The van der Waals surface area contributed by atoms with Crippen LogP contribution in [0.25, 0.3) is 0 Å². The maximum atomic E-state index is 11.8. The zero-order valence-corrected chi connectivity index (χ0v) is 13.7. The maximum Gasteiger partial charge on any atom is 0.253 e. The van der Waals surface area contributed by atoms with Gasteiger partial charge in [-0.2, -0.15) is 11.8 Å². The molecule has 0 aromatic heterocycles. The summed E-state index contributed by atoms with van der Waals surface area (Å²) in [5.74, 6) is 1.92. The number of amides is 1. The molecule has 0 heterocycles. The molecular formula is C17H18ClNOS. The summed E-state index contributed by atoms with van der Waals surface area (Å²) in [6.45, 7) is 0. The Hall–Kier alpha value is -1.45. The van der Waals surface area contributed by atoms with Gasteiger partial charge in [-0.1, -0.05) is 35.9 Å². The van der Waals surface area contributed by atoms with E-state index in [9.17, 15) is 4.79 Å². The van der Waals surface area contributed by atoms with Crippen molar-refractivity contribution < 1.29 is 4.79 Å². The molecule has 2 aromatic carbocycles. The number of benzene rings is 2. The standard InChI is InChI=1S/C17H18ClNOS/c1-19(2)17(20)15-7-3-13(4-8-15)11-21-12-14-5-9-16(18)10-6-14/h3-10H,11-12H2,1-2H3. The summed E-state index contributed by atoms with van der Waals surface area (Å²) in [4.78, 5) is 13.4. The Balaban J connectivity index is 1.86. The molecule has 0 bridgehead atoms. The molecule has 0 saturated carbocycles. The summed E-state index contributed by atoms with van der Waals surface area (Å²) in [6.07, 6.45) is 0. The largest absolute Gasteiger partial charge is 0.345 e. The van der Waals surface area contributed by atoms with Crippen molar-refractivity contribution in [3.8, 4) is 0 Å². The number of hydrogen-bond acceptors (Lipinski definition) is 2. The summed E-state index contributed by atoms with van der Waals surface area (Å²) in [6, 6.07) is 15.7. The van der Waals surface area contributed by atoms with E-state index in [1.165, 1.54) is 11.1 Å². The first-order chi connectivity index (χ1) is 10.1. The van der Waals surface area contributed by atoms with Gasteiger partial charge in [0, 0.05) is 36.2 Å². The van der Waals surface area contributed by atoms with Crippen molar-refractivity contribution in [3.05, 3.63) is 70.2 Å². The topological polar surface area (TPSA) is 20.3 Å². The smallest absolute Gasteiger partial charge is 0.253 e. The molecule has 2 aromatic rings. The lowest BCUT2D eigenvalue weighted by atomic mass is 10.1. The molecule has 0 atom stereocenters. The average molecular weight is 320 g/mol. The van der Waals surface area contributed by atoms with E-state index in [1.807, 2.05) is 60.3 Å². The molecule has 1 amide bonds. The van der Waals surface area contributed by atoms with E-state index >= 15 is 0 Å². The minimum absolute atomic E-state index is 0.0374. The van der Waals surface area contributed by atoms with E-state index in [1.54, 1.807) is 19.0 Å². The van der Waals surface area contributed by atoms with Gasteiger partial charge in [0.1, 0.15) is 0 Å². The van der Waals surface area contributed by atoms with Gasteiger partial charge in [-0.3, -0.25) is 4.79 Å². The molecule has 0 aliphatic carbocycles. The Morgan fingerprint density at radius 1 is 0.952 bits per heavy atom. The van der Waals surface area contributed by atoms with Gasteiger partial charge in [-0.25, -0.2) is 0 Å². The number of hydrogen-bond donors (Lipinski definition) is 0. The lowest BCUT2D eigenvalue weighted by Gasteiger charge is -2.10. The van der Waals surface area contributed by atoms with Crippen molar-refractivity contribution in [3.63, 3.8) is 0 Å². The molecule has 0 saturated heterocycles. The third-order valence-electron chi connectivity index (χ3n) is 3.06. The Morgan fingerprint density at radius 2 is 1.43 bits per heavy atom. The van der Waals surface area contributed by atoms with Crippen molar-refractivity contribution in [2.24, 2.45) is 0 Å². The second kappa shape index (κ2) is 7.53. The van der Waals surface area contributed by atoms with Crippen LogP contribution in [-0.4, -0.2) is 24.9 Å². The van der Waals surface area contributed by atoms with Gasteiger partial charge in [0.2, 0.25) is 0 Å². The molecule has 2 rings (SSSR count). The third kappa shape index (κ3) is 4.80. The molecule has 0 aliphatic heterocycles. The van der Waals surface area contributed by atoms with E-state index in [2.05, 4.69) is 0 Å². The minimum atomic E-state index is 0.0374. The van der Waals surface area contributed by atoms with Crippen molar-refractivity contribution >= 4 is 29.3 Å². The Morgan fingerprint density at radius 3 is 1.90 bits per heavy atom. The number of carbonyl (C=O) groups is 1. The highest BCUT2D eigenvalue weighted by Crippen LogP contribution is 2.19.